The molecule has 3 heterocycles. The van der Waals surface area contributed by atoms with Crippen molar-refractivity contribution in [2.45, 2.75) is 36.2 Å². The van der Waals surface area contributed by atoms with Gasteiger partial charge in [-0.3, -0.25) is 9.59 Å². The molecule has 0 bridgehead atoms. The summed E-state index contributed by atoms with van der Waals surface area (Å²) in [5.74, 6) is 1.46. The van der Waals surface area contributed by atoms with Gasteiger partial charge in [-0.15, -0.1) is 11.8 Å². The van der Waals surface area contributed by atoms with E-state index < -0.39 is 10.9 Å². The summed E-state index contributed by atoms with van der Waals surface area (Å²) in [7, 11) is 0. The van der Waals surface area contributed by atoms with Gasteiger partial charge in [-0.05, 0) is 18.1 Å². The average molecular weight is 394 g/mol. The van der Waals surface area contributed by atoms with Crippen LogP contribution in [0.5, 0.6) is 5.75 Å². The number of carbonyl (C=O) groups excluding carboxylic acids is 2. The maximum atomic E-state index is 13.2. The Bertz CT molecular complexity index is 919. The first kappa shape index (κ1) is 17.6. The molecule has 5 nitrogen and oxygen atoms in total. The Balaban J connectivity index is 1.40. The SMILES string of the molecule is O=C(N[C@@H]1CCOc2ccccc21)[C@H]1CS[C@]2(c3ccccc3)CCC(=O)N12. The Hall–Kier alpha value is -2.47. The van der Waals surface area contributed by atoms with E-state index >= 15 is 0 Å². The lowest BCUT2D eigenvalue weighted by molar-refractivity contribution is -0.138. The van der Waals surface area contributed by atoms with Crippen LogP contribution < -0.4 is 10.1 Å². The highest BCUT2D eigenvalue weighted by Crippen LogP contribution is 2.54. The fourth-order valence-corrected chi connectivity index (χ4v) is 6.25. The summed E-state index contributed by atoms with van der Waals surface area (Å²) in [4.78, 5) is 27.4. The minimum atomic E-state index is -0.435. The molecule has 2 aromatic carbocycles. The van der Waals surface area contributed by atoms with Gasteiger partial charge < -0.3 is 15.0 Å². The van der Waals surface area contributed by atoms with Gasteiger partial charge in [0.1, 0.15) is 16.7 Å². The highest BCUT2D eigenvalue weighted by atomic mass is 32.2. The Labute approximate surface area is 168 Å². The lowest BCUT2D eigenvalue weighted by Crippen LogP contribution is -2.51. The van der Waals surface area contributed by atoms with Crippen LogP contribution in [0.25, 0.3) is 0 Å². The number of benzene rings is 2. The summed E-state index contributed by atoms with van der Waals surface area (Å²) in [6.07, 6.45) is 1.98. The fourth-order valence-electron chi connectivity index (χ4n) is 4.60. The number of fused-ring (bicyclic) bond motifs is 2. The lowest BCUT2D eigenvalue weighted by Gasteiger charge is -2.35. The van der Waals surface area contributed by atoms with Crippen molar-refractivity contribution in [1.82, 2.24) is 10.2 Å². The molecule has 3 aliphatic heterocycles. The highest BCUT2D eigenvalue weighted by molar-refractivity contribution is 8.00. The number of hydrogen-bond donors (Lipinski definition) is 1. The number of para-hydroxylation sites is 1. The maximum absolute atomic E-state index is 13.2. The van der Waals surface area contributed by atoms with Crippen LogP contribution in [0.4, 0.5) is 0 Å². The van der Waals surface area contributed by atoms with E-state index in [1.165, 1.54) is 0 Å². The standard InChI is InChI=1S/C22H22N2O3S/c25-20-10-12-22(15-6-2-1-3-7-15)24(20)18(14-28-22)21(26)23-17-11-13-27-19-9-5-4-8-16(17)19/h1-9,17-18H,10-14H2,(H,23,26)/t17-,18-,22+/m1/s1. The van der Waals surface area contributed by atoms with Crippen LogP contribution in [-0.4, -0.2) is 35.1 Å². The van der Waals surface area contributed by atoms with Crippen molar-refractivity contribution in [3.63, 3.8) is 0 Å². The number of thioether (sulfide) groups is 1. The van der Waals surface area contributed by atoms with Crippen LogP contribution in [0.3, 0.4) is 0 Å². The molecule has 3 atom stereocenters. The van der Waals surface area contributed by atoms with Gasteiger partial charge >= 0.3 is 0 Å². The Morgan fingerprint density at radius 2 is 1.93 bits per heavy atom. The smallest absolute Gasteiger partial charge is 0.244 e. The molecule has 0 saturated carbocycles. The predicted octanol–water partition coefficient (Wildman–Crippen LogP) is 3.22. The Morgan fingerprint density at radius 3 is 2.79 bits per heavy atom. The van der Waals surface area contributed by atoms with Crippen LogP contribution in [-0.2, 0) is 14.5 Å². The molecule has 1 N–H and O–H groups in total. The molecular formula is C22H22N2O3S. The first-order chi connectivity index (χ1) is 13.7. The topological polar surface area (TPSA) is 58.6 Å². The molecule has 144 valence electrons. The monoisotopic (exact) mass is 394 g/mol. The molecule has 5 rings (SSSR count). The second-order valence-electron chi connectivity index (χ2n) is 7.48. The summed E-state index contributed by atoms with van der Waals surface area (Å²) in [6, 6.07) is 17.4. The zero-order valence-corrected chi connectivity index (χ0v) is 16.3. The van der Waals surface area contributed by atoms with Crippen molar-refractivity contribution in [2.75, 3.05) is 12.4 Å². The minimum Gasteiger partial charge on any atom is -0.493 e. The van der Waals surface area contributed by atoms with E-state index in [1.54, 1.807) is 11.8 Å². The number of nitrogens with zero attached hydrogens (tertiary/aromatic N) is 1. The van der Waals surface area contributed by atoms with Crippen molar-refractivity contribution in [3.05, 3.63) is 65.7 Å². The van der Waals surface area contributed by atoms with Crippen molar-refractivity contribution >= 4 is 23.6 Å². The van der Waals surface area contributed by atoms with Gasteiger partial charge in [-0.25, -0.2) is 0 Å². The normalized spacial score (nSPS) is 28.4. The Kier molecular flexibility index (Phi) is 4.31. The van der Waals surface area contributed by atoms with Gasteiger partial charge in [0.2, 0.25) is 11.8 Å². The molecule has 0 aromatic heterocycles. The van der Waals surface area contributed by atoms with E-state index in [0.29, 0.717) is 18.8 Å². The lowest BCUT2D eigenvalue weighted by atomic mass is 9.99. The predicted molar refractivity (Wildman–Crippen MR) is 108 cm³/mol. The van der Waals surface area contributed by atoms with E-state index in [9.17, 15) is 9.59 Å². The van der Waals surface area contributed by atoms with Gasteiger partial charge in [-0.2, -0.15) is 0 Å². The largest absolute Gasteiger partial charge is 0.493 e. The molecule has 2 fully saturated rings. The first-order valence-electron chi connectivity index (χ1n) is 9.73. The van der Waals surface area contributed by atoms with Crippen molar-refractivity contribution in [3.8, 4) is 5.75 Å². The van der Waals surface area contributed by atoms with Crippen LogP contribution in [0.1, 0.15) is 36.4 Å². The number of nitrogens with one attached hydrogen (secondary N) is 1. The summed E-state index contributed by atoms with van der Waals surface area (Å²) in [5.41, 5.74) is 2.12. The van der Waals surface area contributed by atoms with E-state index in [0.717, 1.165) is 29.7 Å². The van der Waals surface area contributed by atoms with Crippen molar-refractivity contribution < 1.29 is 14.3 Å². The van der Waals surface area contributed by atoms with Crippen LogP contribution in [0.15, 0.2) is 54.6 Å². The molecule has 0 spiro atoms. The maximum Gasteiger partial charge on any atom is 0.244 e. The third-order valence-corrected chi connectivity index (χ3v) is 7.53. The van der Waals surface area contributed by atoms with Gasteiger partial charge in [-0.1, -0.05) is 48.5 Å². The average Bonchev–Trinajstić information content (AvgIpc) is 3.28. The van der Waals surface area contributed by atoms with E-state index in [2.05, 4.69) is 17.4 Å². The second kappa shape index (κ2) is 6.85. The molecule has 6 heteroatoms. The third kappa shape index (κ3) is 2.70. The van der Waals surface area contributed by atoms with Crippen LogP contribution in [0, 0.1) is 0 Å². The van der Waals surface area contributed by atoms with Crippen molar-refractivity contribution in [2.24, 2.45) is 0 Å². The number of carbonyl (C=O) groups is 2. The zero-order chi connectivity index (χ0) is 19.1. The molecule has 0 aliphatic carbocycles. The van der Waals surface area contributed by atoms with Crippen LogP contribution >= 0.6 is 11.8 Å². The molecule has 28 heavy (non-hydrogen) atoms. The molecule has 0 radical (unpaired) electrons. The fraction of sp³-hybridized carbons (Fsp3) is 0.364. The molecule has 0 unspecified atom stereocenters. The molecule has 2 aromatic rings. The molecular weight excluding hydrogens is 372 g/mol. The summed E-state index contributed by atoms with van der Waals surface area (Å²) in [6.45, 7) is 0.581. The van der Waals surface area contributed by atoms with E-state index in [-0.39, 0.29) is 17.9 Å². The number of amides is 2. The summed E-state index contributed by atoms with van der Waals surface area (Å²) >= 11 is 1.72. The summed E-state index contributed by atoms with van der Waals surface area (Å²) in [5, 5.41) is 3.19. The van der Waals surface area contributed by atoms with E-state index in [4.69, 9.17) is 4.74 Å². The number of hydrogen-bond acceptors (Lipinski definition) is 4. The highest BCUT2D eigenvalue weighted by Gasteiger charge is 2.56. The second-order valence-corrected chi connectivity index (χ2v) is 8.77. The van der Waals surface area contributed by atoms with Gasteiger partial charge in [0, 0.05) is 24.2 Å². The first-order valence-corrected chi connectivity index (χ1v) is 10.7. The molecule has 3 aliphatic rings. The zero-order valence-electron chi connectivity index (χ0n) is 15.5. The quantitative estimate of drug-likeness (QED) is 0.869. The molecule has 2 amide bonds. The number of ether oxygens (including phenoxy) is 1. The van der Waals surface area contributed by atoms with Crippen LogP contribution in [0.2, 0.25) is 0 Å². The number of rotatable bonds is 3. The third-order valence-electron chi connectivity index (χ3n) is 5.93. The van der Waals surface area contributed by atoms with Gasteiger partial charge in [0.25, 0.3) is 0 Å². The van der Waals surface area contributed by atoms with E-state index in [1.807, 2.05) is 47.4 Å². The van der Waals surface area contributed by atoms with Gasteiger partial charge in [0.15, 0.2) is 0 Å². The minimum absolute atomic E-state index is 0.0674. The Morgan fingerprint density at radius 1 is 1.14 bits per heavy atom. The van der Waals surface area contributed by atoms with Crippen molar-refractivity contribution in [1.29, 1.82) is 0 Å². The summed E-state index contributed by atoms with van der Waals surface area (Å²) < 4.78 is 5.70. The molecule has 2 saturated heterocycles. The van der Waals surface area contributed by atoms with Gasteiger partial charge in [0.05, 0.1) is 12.6 Å².